The van der Waals surface area contributed by atoms with Crippen LogP contribution in [-0.2, 0) is 15.4 Å². The van der Waals surface area contributed by atoms with E-state index in [1.54, 1.807) is 12.1 Å². The fourth-order valence-electron chi connectivity index (χ4n) is 2.96. The zero-order valence-electron chi connectivity index (χ0n) is 11.5. The fraction of sp³-hybridized carbons (Fsp3) is 0.600. The summed E-state index contributed by atoms with van der Waals surface area (Å²) in [5, 5.41) is 1.07. The maximum Gasteiger partial charge on any atom is 0.142 e. The number of ether oxygens (including phenoxy) is 3. The van der Waals surface area contributed by atoms with Crippen molar-refractivity contribution in [3.8, 4) is 5.75 Å². The van der Waals surface area contributed by atoms with E-state index in [9.17, 15) is 0 Å². The molecule has 2 aliphatic heterocycles. The van der Waals surface area contributed by atoms with Crippen molar-refractivity contribution in [3.63, 3.8) is 0 Å². The molecular weight excluding hydrogens is 335 g/mol. The van der Waals surface area contributed by atoms with Crippen molar-refractivity contribution in [1.82, 2.24) is 0 Å². The second kappa shape index (κ2) is 6.51. The van der Waals surface area contributed by atoms with Crippen LogP contribution >= 0.6 is 34.8 Å². The van der Waals surface area contributed by atoms with E-state index >= 15 is 0 Å². The van der Waals surface area contributed by atoms with E-state index in [1.807, 2.05) is 0 Å². The second-order valence-corrected chi connectivity index (χ2v) is 6.69. The summed E-state index contributed by atoms with van der Waals surface area (Å²) in [6.07, 6.45) is 2.63. The molecule has 6 heteroatoms. The van der Waals surface area contributed by atoms with Gasteiger partial charge in [-0.1, -0.05) is 23.2 Å². The molecule has 2 aliphatic rings. The van der Waals surface area contributed by atoms with Gasteiger partial charge in [-0.25, -0.2) is 0 Å². The first-order valence-electron chi connectivity index (χ1n) is 7.04. The molecular formula is C15H17Cl3O3. The molecule has 0 aromatic heterocycles. The topological polar surface area (TPSA) is 27.7 Å². The highest BCUT2D eigenvalue weighted by atomic mass is 35.5. The van der Waals surface area contributed by atoms with Crippen LogP contribution in [0.25, 0.3) is 0 Å². The number of rotatable bonds is 3. The van der Waals surface area contributed by atoms with Crippen LogP contribution in [0.4, 0.5) is 0 Å². The van der Waals surface area contributed by atoms with Gasteiger partial charge in [-0.05, 0) is 12.1 Å². The molecule has 2 atom stereocenters. The van der Waals surface area contributed by atoms with Gasteiger partial charge in [0.25, 0.3) is 0 Å². The standard InChI is InChI=1S/C15H17Cl3O3/c16-8-10-5-11(17)6-13(18)14(10)21-12-1-3-20-15(7-12)2-4-19-9-15/h5-6,12H,1-4,7-9H2. The Labute approximate surface area is 139 Å². The van der Waals surface area contributed by atoms with Crippen molar-refractivity contribution < 1.29 is 14.2 Å². The highest BCUT2D eigenvalue weighted by molar-refractivity contribution is 6.36. The lowest BCUT2D eigenvalue weighted by atomic mass is 9.91. The summed E-state index contributed by atoms with van der Waals surface area (Å²) in [5.74, 6) is 0.949. The number of alkyl halides is 1. The van der Waals surface area contributed by atoms with E-state index in [4.69, 9.17) is 49.0 Å². The molecule has 2 unspecified atom stereocenters. The maximum absolute atomic E-state index is 6.26. The van der Waals surface area contributed by atoms with E-state index in [0.717, 1.165) is 31.4 Å². The number of benzene rings is 1. The molecule has 21 heavy (non-hydrogen) atoms. The molecule has 0 amide bonds. The van der Waals surface area contributed by atoms with Crippen molar-refractivity contribution in [2.45, 2.75) is 36.8 Å². The zero-order valence-corrected chi connectivity index (χ0v) is 13.8. The molecule has 2 heterocycles. The Kier molecular flexibility index (Phi) is 4.87. The van der Waals surface area contributed by atoms with Gasteiger partial charge in [0.05, 0.1) is 29.7 Å². The Morgan fingerprint density at radius 1 is 1.29 bits per heavy atom. The SMILES string of the molecule is ClCc1cc(Cl)cc(Cl)c1OC1CCOC2(CCOC2)C1. The monoisotopic (exact) mass is 350 g/mol. The molecule has 0 bridgehead atoms. The molecule has 1 aromatic rings. The lowest BCUT2D eigenvalue weighted by Crippen LogP contribution is -2.44. The van der Waals surface area contributed by atoms with Crippen LogP contribution in [0.3, 0.4) is 0 Å². The van der Waals surface area contributed by atoms with Gasteiger partial charge < -0.3 is 14.2 Å². The van der Waals surface area contributed by atoms with Gasteiger partial charge in [0, 0.05) is 36.5 Å². The van der Waals surface area contributed by atoms with Gasteiger partial charge in [-0.15, -0.1) is 11.6 Å². The second-order valence-electron chi connectivity index (χ2n) is 5.58. The predicted molar refractivity (Wildman–Crippen MR) is 83.8 cm³/mol. The first-order valence-corrected chi connectivity index (χ1v) is 8.33. The minimum absolute atomic E-state index is 0.0566. The Hall–Kier alpha value is -0.190. The third-order valence-electron chi connectivity index (χ3n) is 4.03. The third-order valence-corrected chi connectivity index (χ3v) is 4.82. The van der Waals surface area contributed by atoms with E-state index in [2.05, 4.69) is 0 Å². The third kappa shape index (κ3) is 3.43. The van der Waals surface area contributed by atoms with Gasteiger partial charge in [0.15, 0.2) is 0 Å². The molecule has 1 aromatic carbocycles. The quantitative estimate of drug-likeness (QED) is 0.753. The van der Waals surface area contributed by atoms with Crippen LogP contribution in [0.5, 0.6) is 5.75 Å². The van der Waals surface area contributed by atoms with Crippen LogP contribution < -0.4 is 4.74 Å². The van der Waals surface area contributed by atoms with E-state index in [1.165, 1.54) is 0 Å². The zero-order chi connectivity index (χ0) is 14.9. The van der Waals surface area contributed by atoms with E-state index in [0.29, 0.717) is 34.9 Å². The number of halogens is 3. The molecule has 1 spiro atoms. The summed E-state index contributed by atoms with van der Waals surface area (Å²) in [7, 11) is 0. The van der Waals surface area contributed by atoms with Crippen molar-refractivity contribution >= 4 is 34.8 Å². The van der Waals surface area contributed by atoms with Gasteiger partial charge in [-0.3, -0.25) is 0 Å². The van der Waals surface area contributed by atoms with Crippen LogP contribution in [0.15, 0.2) is 12.1 Å². The minimum Gasteiger partial charge on any atom is -0.488 e. The molecule has 2 saturated heterocycles. The van der Waals surface area contributed by atoms with Crippen molar-refractivity contribution in [3.05, 3.63) is 27.7 Å². The Bertz CT molecular complexity index is 515. The smallest absolute Gasteiger partial charge is 0.142 e. The lowest BCUT2D eigenvalue weighted by molar-refractivity contribution is -0.112. The maximum atomic E-state index is 6.26. The van der Waals surface area contributed by atoms with Gasteiger partial charge in [0.2, 0.25) is 0 Å². The predicted octanol–water partition coefficient (Wildman–Crippen LogP) is 4.45. The van der Waals surface area contributed by atoms with E-state index in [-0.39, 0.29) is 11.7 Å². The number of hydrogen-bond donors (Lipinski definition) is 0. The lowest BCUT2D eigenvalue weighted by Gasteiger charge is -2.37. The number of hydrogen-bond acceptors (Lipinski definition) is 3. The highest BCUT2D eigenvalue weighted by Crippen LogP contribution is 2.38. The normalized spacial score (nSPS) is 29.0. The van der Waals surface area contributed by atoms with Crippen LogP contribution in [0, 0.1) is 0 Å². The Morgan fingerprint density at radius 2 is 2.14 bits per heavy atom. The first-order chi connectivity index (χ1) is 10.1. The van der Waals surface area contributed by atoms with Crippen molar-refractivity contribution in [2.24, 2.45) is 0 Å². The van der Waals surface area contributed by atoms with Crippen LogP contribution in [-0.4, -0.2) is 31.5 Å². The molecule has 116 valence electrons. The van der Waals surface area contributed by atoms with E-state index < -0.39 is 0 Å². The van der Waals surface area contributed by atoms with Gasteiger partial charge in [0.1, 0.15) is 11.9 Å². The first kappa shape index (κ1) is 15.7. The molecule has 2 fully saturated rings. The summed E-state index contributed by atoms with van der Waals surface area (Å²) in [4.78, 5) is 0. The van der Waals surface area contributed by atoms with Crippen molar-refractivity contribution in [2.75, 3.05) is 19.8 Å². The molecule has 3 nitrogen and oxygen atoms in total. The summed E-state index contributed by atoms with van der Waals surface area (Å²) in [6.45, 7) is 2.07. The average molecular weight is 352 g/mol. The molecule has 3 rings (SSSR count). The summed E-state index contributed by atoms with van der Waals surface area (Å²) < 4.78 is 17.5. The fourth-order valence-corrected chi connectivity index (χ4v) is 3.74. The average Bonchev–Trinajstić information content (AvgIpc) is 2.89. The molecule has 0 radical (unpaired) electrons. The Balaban J connectivity index is 1.77. The summed E-state index contributed by atoms with van der Waals surface area (Å²) in [5.41, 5.74) is 0.625. The summed E-state index contributed by atoms with van der Waals surface area (Å²) >= 11 is 18.2. The van der Waals surface area contributed by atoms with Gasteiger partial charge in [-0.2, -0.15) is 0 Å². The minimum atomic E-state index is -0.192. The van der Waals surface area contributed by atoms with Gasteiger partial charge >= 0.3 is 0 Å². The Morgan fingerprint density at radius 3 is 2.86 bits per heavy atom. The van der Waals surface area contributed by atoms with Crippen LogP contribution in [0.2, 0.25) is 10.0 Å². The highest BCUT2D eigenvalue weighted by Gasteiger charge is 2.42. The molecule has 0 N–H and O–H groups in total. The summed E-state index contributed by atoms with van der Waals surface area (Å²) in [6, 6.07) is 3.48. The molecule has 0 saturated carbocycles. The van der Waals surface area contributed by atoms with Crippen molar-refractivity contribution in [1.29, 1.82) is 0 Å². The molecule has 0 aliphatic carbocycles. The van der Waals surface area contributed by atoms with Crippen LogP contribution in [0.1, 0.15) is 24.8 Å². The largest absolute Gasteiger partial charge is 0.488 e.